The van der Waals surface area contributed by atoms with E-state index in [0.29, 0.717) is 17.3 Å². The van der Waals surface area contributed by atoms with E-state index >= 15 is 0 Å². The molecule has 0 bridgehead atoms. The Balaban J connectivity index is 2.22. The molecule has 1 aliphatic heterocycles. The number of hydrogen-bond donors (Lipinski definition) is 0. The fourth-order valence-electron chi connectivity index (χ4n) is 6.38. The molecule has 2 aliphatic rings. The van der Waals surface area contributed by atoms with Gasteiger partial charge in [0.25, 0.3) is 0 Å². The van der Waals surface area contributed by atoms with Crippen LogP contribution in [0.4, 0.5) is 0 Å². The Hall–Kier alpha value is -1.24. The lowest BCUT2D eigenvalue weighted by Gasteiger charge is -2.53. The summed E-state index contributed by atoms with van der Waals surface area (Å²) in [6, 6.07) is 2.43. The molecule has 0 radical (unpaired) electrons. The Morgan fingerprint density at radius 3 is 2.46 bits per heavy atom. The van der Waals surface area contributed by atoms with E-state index in [2.05, 4.69) is 54.5 Å². The lowest BCUT2D eigenvalue weighted by molar-refractivity contribution is 0.0279. The fraction of sp³-hybridized carbons (Fsp3) is 0.704. The van der Waals surface area contributed by atoms with Crippen LogP contribution in [0.2, 0.25) is 0 Å². The zero-order chi connectivity index (χ0) is 20.7. The molecule has 0 aromatic heterocycles. The van der Waals surface area contributed by atoms with Gasteiger partial charge in [-0.2, -0.15) is 0 Å². The van der Waals surface area contributed by atoms with E-state index in [9.17, 15) is 0 Å². The third kappa shape index (κ3) is 3.55. The first-order valence-corrected chi connectivity index (χ1v) is 11.6. The summed E-state index contributed by atoms with van der Waals surface area (Å²) in [6.07, 6.45) is 8.58. The fourth-order valence-corrected chi connectivity index (χ4v) is 6.38. The third-order valence-corrected chi connectivity index (χ3v) is 8.18. The predicted octanol–water partition coefficient (Wildman–Crippen LogP) is 7.77. The lowest BCUT2D eigenvalue weighted by atomic mass is 9.52. The minimum atomic E-state index is 0.155. The molecule has 0 spiro atoms. The highest BCUT2D eigenvalue weighted by Crippen LogP contribution is 2.59. The summed E-state index contributed by atoms with van der Waals surface area (Å²) in [6.45, 7) is 22.3. The quantitative estimate of drug-likeness (QED) is 0.507. The third-order valence-electron chi connectivity index (χ3n) is 8.18. The minimum absolute atomic E-state index is 0.155. The highest BCUT2D eigenvalue weighted by atomic mass is 16.5. The Morgan fingerprint density at radius 1 is 1.11 bits per heavy atom. The van der Waals surface area contributed by atoms with Crippen LogP contribution in [0.15, 0.2) is 12.6 Å². The Labute approximate surface area is 174 Å². The van der Waals surface area contributed by atoms with Gasteiger partial charge in [0.1, 0.15) is 5.75 Å². The number of ether oxygens (including phenoxy) is 1. The molecule has 1 saturated carbocycles. The molecular formula is C27H42O. The minimum Gasteiger partial charge on any atom is -0.492 e. The van der Waals surface area contributed by atoms with Gasteiger partial charge in [-0.3, -0.25) is 0 Å². The van der Waals surface area contributed by atoms with E-state index in [-0.39, 0.29) is 5.41 Å². The van der Waals surface area contributed by atoms with Gasteiger partial charge in [-0.15, -0.1) is 0 Å². The number of allylic oxidation sites excluding steroid dienone is 1. The van der Waals surface area contributed by atoms with Gasteiger partial charge >= 0.3 is 0 Å². The molecule has 1 heterocycles. The van der Waals surface area contributed by atoms with E-state index < -0.39 is 0 Å². The van der Waals surface area contributed by atoms with Crippen LogP contribution in [0.25, 0.3) is 5.57 Å². The van der Waals surface area contributed by atoms with E-state index in [0.717, 1.165) is 25.2 Å². The van der Waals surface area contributed by atoms with Gasteiger partial charge in [0, 0.05) is 5.56 Å². The van der Waals surface area contributed by atoms with Crippen molar-refractivity contribution in [2.24, 2.45) is 22.7 Å². The number of rotatable bonds is 2. The standard InChI is InChI=1S/C27H42O/c1-9-21-16-23-20(5)27(8)15-11-14-26(6,7)24(27)13-12-18(3)17-28-25(23)19(4)22(21)10-2/h16,18,24H,5,9-15,17H2,1-4,6-8H3/t18?,24-,27+/m1/s1. The van der Waals surface area contributed by atoms with E-state index in [1.54, 1.807) is 0 Å². The average molecular weight is 383 g/mol. The molecule has 1 aliphatic carbocycles. The van der Waals surface area contributed by atoms with Gasteiger partial charge in [-0.1, -0.05) is 54.5 Å². The van der Waals surface area contributed by atoms with E-state index in [4.69, 9.17) is 11.3 Å². The van der Waals surface area contributed by atoms with Crippen LogP contribution < -0.4 is 4.74 Å². The maximum absolute atomic E-state index is 6.54. The molecule has 3 rings (SSSR count). The normalized spacial score (nSPS) is 30.2. The van der Waals surface area contributed by atoms with E-state index in [1.807, 2.05) is 0 Å². The SMILES string of the molecule is C=C1c2cc(CC)c(CC)c(C)c2OCC(C)CC[C@@H]2C(C)(C)CCC[C@@]12C. The zero-order valence-corrected chi connectivity index (χ0v) is 19.5. The van der Waals surface area contributed by atoms with Gasteiger partial charge in [0.15, 0.2) is 0 Å². The average Bonchev–Trinajstić information content (AvgIpc) is 2.64. The summed E-state index contributed by atoms with van der Waals surface area (Å²) in [4.78, 5) is 0. The van der Waals surface area contributed by atoms with Crippen LogP contribution in [0.1, 0.15) is 95.9 Å². The molecule has 1 aromatic carbocycles. The molecule has 1 heteroatoms. The van der Waals surface area contributed by atoms with Gasteiger partial charge < -0.3 is 4.74 Å². The van der Waals surface area contributed by atoms with Gasteiger partial charge in [0.05, 0.1) is 6.61 Å². The first-order valence-electron chi connectivity index (χ1n) is 11.6. The largest absolute Gasteiger partial charge is 0.492 e. The summed E-state index contributed by atoms with van der Waals surface area (Å²) in [5, 5.41) is 0. The maximum Gasteiger partial charge on any atom is 0.129 e. The summed E-state index contributed by atoms with van der Waals surface area (Å²) >= 11 is 0. The molecule has 1 aromatic rings. The maximum atomic E-state index is 6.54. The summed E-state index contributed by atoms with van der Waals surface area (Å²) in [5.41, 5.74) is 7.46. The highest BCUT2D eigenvalue weighted by Gasteiger charge is 2.48. The summed E-state index contributed by atoms with van der Waals surface area (Å²) < 4.78 is 6.54. The van der Waals surface area contributed by atoms with Crippen molar-refractivity contribution in [3.63, 3.8) is 0 Å². The van der Waals surface area contributed by atoms with Crippen molar-refractivity contribution in [2.45, 2.75) is 93.4 Å². The second kappa shape index (κ2) is 7.88. The zero-order valence-electron chi connectivity index (χ0n) is 19.5. The van der Waals surface area contributed by atoms with Gasteiger partial charge in [0.2, 0.25) is 0 Å². The highest BCUT2D eigenvalue weighted by molar-refractivity contribution is 5.76. The van der Waals surface area contributed by atoms with Crippen molar-refractivity contribution in [3.05, 3.63) is 34.9 Å². The Morgan fingerprint density at radius 2 is 1.82 bits per heavy atom. The topological polar surface area (TPSA) is 9.23 Å². The van der Waals surface area contributed by atoms with Gasteiger partial charge in [-0.25, -0.2) is 0 Å². The molecule has 0 N–H and O–H groups in total. The van der Waals surface area contributed by atoms with Crippen LogP contribution in [0, 0.1) is 29.6 Å². The molecule has 0 saturated heterocycles. The van der Waals surface area contributed by atoms with Crippen molar-refractivity contribution in [1.82, 2.24) is 0 Å². The molecule has 3 atom stereocenters. The number of aryl methyl sites for hydroxylation is 1. The first-order chi connectivity index (χ1) is 13.2. The Bertz CT molecular complexity index is 741. The molecule has 0 amide bonds. The van der Waals surface area contributed by atoms with Crippen LogP contribution >= 0.6 is 0 Å². The smallest absolute Gasteiger partial charge is 0.129 e. The number of fused-ring (bicyclic) bond motifs is 2. The van der Waals surface area contributed by atoms with Crippen molar-refractivity contribution in [2.75, 3.05) is 6.61 Å². The molecule has 156 valence electrons. The molecule has 1 nitrogen and oxygen atoms in total. The molecule has 28 heavy (non-hydrogen) atoms. The second-order valence-electron chi connectivity index (χ2n) is 10.5. The first kappa shape index (κ1) is 21.5. The summed E-state index contributed by atoms with van der Waals surface area (Å²) in [7, 11) is 0. The van der Waals surface area contributed by atoms with Crippen LogP contribution in [0.3, 0.4) is 0 Å². The van der Waals surface area contributed by atoms with Crippen molar-refractivity contribution < 1.29 is 4.74 Å². The number of hydrogen-bond acceptors (Lipinski definition) is 1. The molecule has 1 unspecified atom stereocenters. The Kier molecular flexibility index (Phi) is 6.04. The van der Waals surface area contributed by atoms with Crippen LogP contribution in [-0.4, -0.2) is 6.61 Å². The van der Waals surface area contributed by atoms with Crippen LogP contribution in [-0.2, 0) is 12.8 Å². The van der Waals surface area contributed by atoms with Crippen molar-refractivity contribution in [3.8, 4) is 5.75 Å². The van der Waals surface area contributed by atoms with Crippen molar-refractivity contribution in [1.29, 1.82) is 0 Å². The van der Waals surface area contributed by atoms with E-state index in [1.165, 1.54) is 59.9 Å². The molecule has 1 fully saturated rings. The molecular weight excluding hydrogens is 340 g/mol. The predicted molar refractivity (Wildman–Crippen MR) is 122 cm³/mol. The van der Waals surface area contributed by atoms with Gasteiger partial charge in [-0.05, 0) is 96.4 Å². The number of benzene rings is 1. The van der Waals surface area contributed by atoms with Crippen molar-refractivity contribution >= 4 is 5.57 Å². The summed E-state index contributed by atoms with van der Waals surface area (Å²) in [5.74, 6) is 2.40. The van der Waals surface area contributed by atoms with Crippen LogP contribution in [0.5, 0.6) is 5.75 Å². The second-order valence-corrected chi connectivity index (χ2v) is 10.5. The monoisotopic (exact) mass is 382 g/mol. The lowest BCUT2D eigenvalue weighted by Crippen LogP contribution is -2.43.